The minimum absolute atomic E-state index is 0.614. The Bertz CT molecular complexity index is 291. The van der Waals surface area contributed by atoms with Crippen LogP contribution in [0, 0.1) is 5.92 Å². The maximum Gasteiger partial charge on any atom is 0.102 e. The summed E-state index contributed by atoms with van der Waals surface area (Å²) in [7, 11) is 0. The Morgan fingerprint density at radius 3 is 2.05 bits per heavy atom. The van der Waals surface area contributed by atoms with Crippen LogP contribution in [-0.2, 0) is 4.74 Å². The fraction of sp³-hybridized carbons (Fsp3) is 0.941. The molecule has 2 saturated carbocycles. The average molecular weight is 278 g/mol. The molecule has 1 heterocycles. The maximum atomic E-state index is 5.53. The summed E-state index contributed by atoms with van der Waals surface area (Å²) in [6.45, 7) is 3.89. The van der Waals surface area contributed by atoms with Crippen molar-refractivity contribution >= 4 is 5.84 Å². The van der Waals surface area contributed by atoms with Gasteiger partial charge < -0.3 is 9.64 Å². The van der Waals surface area contributed by atoms with Crippen molar-refractivity contribution in [3.8, 4) is 0 Å². The first-order valence-corrected chi connectivity index (χ1v) is 8.84. The van der Waals surface area contributed by atoms with E-state index in [2.05, 4.69) is 4.90 Å². The van der Waals surface area contributed by atoms with Crippen molar-refractivity contribution in [2.45, 2.75) is 70.3 Å². The predicted octanol–water partition coefficient (Wildman–Crippen LogP) is 3.63. The molecule has 0 aromatic rings. The second-order valence-corrected chi connectivity index (χ2v) is 6.71. The highest BCUT2D eigenvalue weighted by atomic mass is 16.5. The summed E-state index contributed by atoms with van der Waals surface area (Å²) in [5, 5.41) is 0. The highest BCUT2D eigenvalue weighted by Crippen LogP contribution is 2.29. The summed E-state index contributed by atoms with van der Waals surface area (Å²) >= 11 is 0. The second-order valence-electron chi connectivity index (χ2n) is 6.71. The molecule has 20 heavy (non-hydrogen) atoms. The van der Waals surface area contributed by atoms with Gasteiger partial charge in [-0.2, -0.15) is 0 Å². The molecular weight excluding hydrogens is 248 g/mol. The fourth-order valence-corrected chi connectivity index (χ4v) is 4.00. The number of ether oxygens (including phenoxy) is 1. The van der Waals surface area contributed by atoms with Crippen LogP contribution in [0.2, 0.25) is 0 Å². The third-order valence-electron chi connectivity index (χ3n) is 5.19. The lowest BCUT2D eigenvalue weighted by Gasteiger charge is -2.36. The van der Waals surface area contributed by atoms with E-state index >= 15 is 0 Å². The second kappa shape index (κ2) is 7.44. The molecule has 3 fully saturated rings. The Morgan fingerprint density at radius 2 is 1.40 bits per heavy atom. The molecule has 3 heteroatoms. The molecule has 0 amide bonds. The van der Waals surface area contributed by atoms with Gasteiger partial charge in [0.25, 0.3) is 0 Å². The molecular formula is C17H30N2O. The van der Waals surface area contributed by atoms with E-state index in [1.54, 1.807) is 0 Å². The molecule has 1 saturated heterocycles. The van der Waals surface area contributed by atoms with Crippen LogP contribution in [0.15, 0.2) is 4.99 Å². The molecule has 0 spiro atoms. The molecule has 0 aromatic heterocycles. The van der Waals surface area contributed by atoms with Gasteiger partial charge in [-0.05, 0) is 25.7 Å². The van der Waals surface area contributed by atoms with Crippen LogP contribution in [0.4, 0.5) is 0 Å². The van der Waals surface area contributed by atoms with E-state index in [1.165, 1.54) is 70.0 Å². The van der Waals surface area contributed by atoms with Gasteiger partial charge in [0.2, 0.25) is 0 Å². The fourth-order valence-electron chi connectivity index (χ4n) is 4.00. The lowest BCUT2D eigenvalue weighted by molar-refractivity contribution is 0.0649. The zero-order valence-electron chi connectivity index (χ0n) is 12.9. The Morgan fingerprint density at radius 1 is 0.800 bits per heavy atom. The Labute approximate surface area is 123 Å². The number of nitrogens with zero attached hydrogens (tertiary/aromatic N) is 2. The molecule has 3 rings (SSSR count). The van der Waals surface area contributed by atoms with Gasteiger partial charge in [-0.3, -0.25) is 4.99 Å². The van der Waals surface area contributed by atoms with Gasteiger partial charge >= 0.3 is 0 Å². The van der Waals surface area contributed by atoms with E-state index in [0.29, 0.717) is 6.04 Å². The molecule has 0 unspecified atom stereocenters. The van der Waals surface area contributed by atoms with Crippen LogP contribution >= 0.6 is 0 Å². The molecule has 3 aliphatic rings. The molecule has 0 aromatic carbocycles. The first kappa shape index (κ1) is 14.4. The molecule has 3 nitrogen and oxygen atoms in total. The van der Waals surface area contributed by atoms with Crippen molar-refractivity contribution in [2.75, 3.05) is 26.3 Å². The molecule has 0 atom stereocenters. The van der Waals surface area contributed by atoms with Gasteiger partial charge in [0.05, 0.1) is 19.3 Å². The van der Waals surface area contributed by atoms with Gasteiger partial charge in [0.15, 0.2) is 0 Å². The zero-order chi connectivity index (χ0) is 13.6. The summed E-state index contributed by atoms with van der Waals surface area (Å²) in [6, 6.07) is 0.614. The smallest absolute Gasteiger partial charge is 0.102 e. The zero-order valence-corrected chi connectivity index (χ0v) is 12.9. The quantitative estimate of drug-likeness (QED) is 0.569. The SMILES string of the molecule is C1CCC(/N=C(/C2CCCCC2)N2CCOCC2)CC1. The third kappa shape index (κ3) is 3.75. The molecule has 0 radical (unpaired) electrons. The van der Waals surface area contributed by atoms with Crippen LogP contribution in [0.5, 0.6) is 0 Å². The Hall–Kier alpha value is -0.570. The van der Waals surface area contributed by atoms with Crippen LogP contribution in [0.25, 0.3) is 0 Å². The highest BCUT2D eigenvalue weighted by Gasteiger charge is 2.26. The number of amidine groups is 1. The van der Waals surface area contributed by atoms with Crippen molar-refractivity contribution < 1.29 is 4.74 Å². The van der Waals surface area contributed by atoms with Crippen molar-refractivity contribution in [1.29, 1.82) is 0 Å². The summed E-state index contributed by atoms with van der Waals surface area (Å²) < 4.78 is 5.53. The van der Waals surface area contributed by atoms with E-state index in [0.717, 1.165) is 32.2 Å². The van der Waals surface area contributed by atoms with E-state index in [4.69, 9.17) is 9.73 Å². The first-order chi connectivity index (χ1) is 9.93. The first-order valence-electron chi connectivity index (χ1n) is 8.84. The molecule has 114 valence electrons. The van der Waals surface area contributed by atoms with Crippen LogP contribution < -0.4 is 0 Å². The van der Waals surface area contributed by atoms with Gasteiger partial charge in [-0.1, -0.05) is 38.5 Å². The van der Waals surface area contributed by atoms with Crippen molar-refractivity contribution in [1.82, 2.24) is 4.90 Å². The number of aliphatic imine (C=N–C) groups is 1. The number of hydrogen-bond donors (Lipinski definition) is 0. The number of hydrogen-bond acceptors (Lipinski definition) is 2. The van der Waals surface area contributed by atoms with E-state index in [-0.39, 0.29) is 0 Å². The Kier molecular flexibility index (Phi) is 5.35. The van der Waals surface area contributed by atoms with E-state index in [1.807, 2.05) is 0 Å². The third-order valence-corrected chi connectivity index (χ3v) is 5.19. The number of rotatable bonds is 2. The summed E-state index contributed by atoms with van der Waals surface area (Å²) in [5.41, 5.74) is 0. The minimum atomic E-state index is 0.614. The van der Waals surface area contributed by atoms with Crippen LogP contribution in [-0.4, -0.2) is 43.1 Å². The van der Waals surface area contributed by atoms with E-state index in [9.17, 15) is 0 Å². The van der Waals surface area contributed by atoms with Crippen molar-refractivity contribution in [3.05, 3.63) is 0 Å². The summed E-state index contributed by atoms with van der Waals surface area (Å²) in [4.78, 5) is 7.82. The maximum absolute atomic E-state index is 5.53. The summed E-state index contributed by atoms with van der Waals surface area (Å²) in [5.74, 6) is 2.20. The topological polar surface area (TPSA) is 24.8 Å². The lowest BCUT2D eigenvalue weighted by atomic mass is 9.87. The molecule has 0 bridgehead atoms. The van der Waals surface area contributed by atoms with Gasteiger partial charge in [0.1, 0.15) is 5.84 Å². The van der Waals surface area contributed by atoms with Crippen LogP contribution in [0.1, 0.15) is 64.2 Å². The monoisotopic (exact) mass is 278 g/mol. The normalized spacial score (nSPS) is 27.8. The molecule has 1 aliphatic heterocycles. The largest absolute Gasteiger partial charge is 0.378 e. The van der Waals surface area contributed by atoms with Crippen LogP contribution in [0.3, 0.4) is 0 Å². The van der Waals surface area contributed by atoms with Gasteiger partial charge in [-0.15, -0.1) is 0 Å². The highest BCUT2D eigenvalue weighted by molar-refractivity contribution is 5.85. The van der Waals surface area contributed by atoms with E-state index < -0.39 is 0 Å². The van der Waals surface area contributed by atoms with Gasteiger partial charge in [0, 0.05) is 19.0 Å². The van der Waals surface area contributed by atoms with Crippen molar-refractivity contribution in [3.63, 3.8) is 0 Å². The average Bonchev–Trinajstić information content (AvgIpc) is 2.55. The standard InChI is InChI=1S/C17H30N2O/c1-3-7-15(8-4-1)17(19-11-13-20-14-12-19)18-16-9-5-2-6-10-16/h15-16H,1-14H2/b18-17-. The number of morpholine rings is 1. The summed E-state index contributed by atoms with van der Waals surface area (Å²) in [6.07, 6.45) is 13.8. The predicted molar refractivity (Wildman–Crippen MR) is 83.3 cm³/mol. The Balaban J connectivity index is 1.71. The molecule has 0 N–H and O–H groups in total. The lowest BCUT2D eigenvalue weighted by Crippen LogP contribution is -2.45. The van der Waals surface area contributed by atoms with Crippen molar-refractivity contribution in [2.24, 2.45) is 10.9 Å². The molecule has 2 aliphatic carbocycles. The van der Waals surface area contributed by atoms with Gasteiger partial charge in [-0.25, -0.2) is 0 Å². The minimum Gasteiger partial charge on any atom is -0.378 e.